The van der Waals surface area contributed by atoms with Crippen LogP contribution in [0.5, 0.6) is 0 Å². The minimum Gasteiger partial charge on any atom is -0.340 e. The van der Waals surface area contributed by atoms with E-state index in [1.54, 1.807) is 11.9 Å². The van der Waals surface area contributed by atoms with Crippen molar-refractivity contribution in [2.45, 2.75) is 31.6 Å². The number of hydrogen-bond donors (Lipinski definition) is 0. The molecule has 26 heavy (non-hydrogen) atoms. The molecule has 138 valence electrons. The first kappa shape index (κ1) is 18.0. The SMILES string of the molecule is Cn1cc([N+](=O)[O-])cc1C(=O)N(Cc1ccc(C(F)(F)F)cc1)C1CC1. The Kier molecular flexibility index (Phi) is 4.47. The highest BCUT2D eigenvalue weighted by Gasteiger charge is 2.35. The van der Waals surface area contributed by atoms with Crippen LogP contribution in [0.25, 0.3) is 0 Å². The summed E-state index contributed by atoms with van der Waals surface area (Å²) in [7, 11) is 1.55. The Labute approximate surface area is 147 Å². The Balaban J connectivity index is 1.82. The average molecular weight is 367 g/mol. The van der Waals surface area contributed by atoms with Crippen molar-refractivity contribution in [3.8, 4) is 0 Å². The fourth-order valence-electron chi connectivity index (χ4n) is 2.76. The van der Waals surface area contributed by atoms with Crippen molar-refractivity contribution in [2.75, 3.05) is 0 Å². The highest BCUT2D eigenvalue weighted by atomic mass is 19.4. The highest BCUT2D eigenvalue weighted by Crippen LogP contribution is 2.32. The van der Waals surface area contributed by atoms with Gasteiger partial charge >= 0.3 is 6.18 Å². The maximum absolute atomic E-state index is 12.8. The number of halogens is 3. The number of rotatable bonds is 5. The van der Waals surface area contributed by atoms with Crippen molar-refractivity contribution < 1.29 is 22.9 Å². The van der Waals surface area contributed by atoms with Crippen molar-refractivity contribution in [3.63, 3.8) is 0 Å². The fraction of sp³-hybridized carbons (Fsp3) is 0.353. The smallest absolute Gasteiger partial charge is 0.340 e. The number of hydrogen-bond acceptors (Lipinski definition) is 3. The maximum Gasteiger partial charge on any atom is 0.416 e. The van der Waals surface area contributed by atoms with Gasteiger partial charge in [0.25, 0.3) is 11.6 Å². The first-order chi connectivity index (χ1) is 12.2. The number of carbonyl (C=O) groups excluding carboxylic acids is 1. The van der Waals surface area contributed by atoms with E-state index >= 15 is 0 Å². The van der Waals surface area contributed by atoms with Crippen molar-refractivity contribution in [2.24, 2.45) is 7.05 Å². The van der Waals surface area contributed by atoms with Crippen LogP contribution in [0.15, 0.2) is 36.5 Å². The number of amides is 1. The van der Waals surface area contributed by atoms with Gasteiger partial charge < -0.3 is 9.47 Å². The van der Waals surface area contributed by atoms with E-state index in [0.717, 1.165) is 25.0 Å². The van der Waals surface area contributed by atoms with E-state index in [4.69, 9.17) is 0 Å². The minimum atomic E-state index is -4.41. The fourth-order valence-corrected chi connectivity index (χ4v) is 2.76. The maximum atomic E-state index is 12.8. The zero-order valence-electron chi connectivity index (χ0n) is 13.9. The molecule has 0 atom stereocenters. The molecule has 1 aromatic carbocycles. The molecule has 1 saturated carbocycles. The van der Waals surface area contributed by atoms with E-state index in [1.807, 2.05) is 0 Å². The lowest BCUT2D eigenvalue weighted by atomic mass is 10.1. The molecule has 0 unspecified atom stereocenters. The molecule has 1 aromatic heterocycles. The van der Waals surface area contributed by atoms with E-state index in [0.29, 0.717) is 5.56 Å². The third kappa shape index (κ3) is 3.71. The average Bonchev–Trinajstić information content (AvgIpc) is 3.33. The Hall–Kier alpha value is -2.84. The van der Waals surface area contributed by atoms with Crippen molar-refractivity contribution in [1.82, 2.24) is 9.47 Å². The number of aryl methyl sites for hydroxylation is 1. The second-order valence-corrected chi connectivity index (χ2v) is 6.31. The molecule has 6 nitrogen and oxygen atoms in total. The number of nitro groups is 1. The van der Waals surface area contributed by atoms with E-state index in [2.05, 4.69) is 0 Å². The standard InChI is InChI=1S/C17H16F3N3O3/c1-21-10-14(23(25)26)8-15(21)16(24)22(13-6-7-13)9-11-2-4-12(5-3-11)17(18,19)20/h2-5,8,10,13H,6-7,9H2,1H3. The topological polar surface area (TPSA) is 68.4 Å². The van der Waals surface area contributed by atoms with Gasteiger partial charge in [-0.25, -0.2) is 0 Å². The summed E-state index contributed by atoms with van der Waals surface area (Å²) in [6.45, 7) is 0.153. The van der Waals surface area contributed by atoms with Crippen molar-refractivity contribution >= 4 is 11.6 Å². The lowest BCUT2D eigenvalue weighted by molar-refractivity contribution is -0.384. The van der Waals surface area contributed by atoms with Gasteiger partial charge in [-0.2, -0.15) is 13.2 Å². The molecule has 1 amide bonds. The van der Waals surface area contributed by atoms with Gasteiger partial charge in [0.1, 0.15) is 5.69 Å². The predicted molar refractivity (Wildman–Crippen MR) is 86.4 cm³/mol. The number of nitrogens with zero attached hydrogens (tertiary/aromatic N) is 3. The van der Waals surface area contributed by atoms with Gasteiger partial charge in [-0.15, -0.1) is 0 Å². The zero-order valence-corrected chi connectivity index (χ0v) is 13.9. The summed E-state index contributed by atoms with van der Waals surface area (Å²) in [4.78, 5) is 24.7. The summed E-state index contributed by atoms with van der Waals surface area (Å²) >= 11 is 0. The summed E-state index contributed by atoms with van der Waals surface area (Å²) in [5.74, 6) is -0.372. The summed E-state index contributed by atoms with van der Waals surface area (Å²) in [6, 6.07) is 5.87. The molecule has 1 fully saturated rings. The van der Waals surface area contributed by atoms with E-state index in [1.165, 1.54) is 29.0 Å². The molecular weight excluding hydrogens is 351 g/mol. The van der Waals surface area contributed by atoms with Crippen LogP contribution >= 0.6 is 0 Å². The van der Waals surface area contributed by atoms with E-state index in [-0.39, 0.29) is 29.9 Å². The molecule has 1 heterocycles. The molecule has 9 heteroatoms. The Morgan fingerprint density at radius 3 is 2.38 bits per heavy atom. The van der Waals surface area contributed by atoms with Crippen LogP contribution in [-0.2, 0) is 19.8 Å². The third-order valence-electron chi connectivity index (χ3n) is 4.30. The normalized spacial score (nSPS) is 14.3. The van der Waals surface area contributed by atoms with Crippen molar-refractivity contribution in [3.05, 3.63) is 63.5 Å². The van der Waals surface area contributed by atoms with Crippen LogP contribution < -0.4 is 0 Å². The molecule has 0 spiro atoms. The quantitative estimate of drug-likeness (QED) is 0.597. The Morgan fingerprint density at radius 1 is 1.31 bits per heavy atom. The van der Waals surface area contributed by atoms with Gasteiger partial charge in [0.05, 0.1) is 16.7 Å². The number of aromatic nitrogens is 1. The molecular formula is C17H16F3N3O3. The molecule has 0 aliphatic heterocycles. The van der Waals surface area contributed by atoms with Gasteiger partial charge in [-0.3, -0.25) is 14.9 Å². The second kappa shape index (κ2) is 6.47. The van der Waals surface area contributed by atoms with Crippen LogP contribution in [0.2, 0.25) is 0 Å². The summed E-state index contributed by atoms with van der Waals surface area (Å²) < 4.78 is 39.4. The first-order valence-electron chi connectivity index (χ1n) is 7.94. The summed E-state index contributed by atoms with van der Waals surface area (Å²) in [5.41, 5.74) is -0.179. The van der Waals surface area contributed by atoms with Gasteiger partial charge in [0, 0.05) is 25.7 Å². The van der Waals surface area contributed by atoms with Crippen molar-refractivity contribution in [1.29, 1.82) is 0 Å². The molecule has 3 rings (SSSR count). The monoisotopic (exact) mass is 367 g/mol. The molecule has 1 aliphatic rings. The predicted octanol–water partition coefficient (Wildman–Crippen LogP) is 3.76. The molecule has 1 aliphatic carbocycles. The Morgan fingerprint density at radius 2 is 1.92 bits per heavy atom. The van der Waals surface area contributed by atoms with Gasteiger partial charge in [0.15, 0.2) is 0 Å². The lowest BCUT2D eigenvalue weighted by Gasteiger charge is -2.23. The van der Waals surface area contributed by atoms with Crippen LogP contribution in [0, 0.1) is 10.1 Å². The largest absolute Gasteiger partial charge is 0.416 e. The van der Waals surface area contributed by atoms with E-state index in [9.17, 15) is 28.1 Å². The Bertz CT molecular complexity index is 839. The minimum absolute atomic E-state index is 0.00116. The highest BCUT2D eigenvalue weighted by molar-refractivity contribution is 5.94. The molecule has 0 radical (unpaired) electrons. The van der Waals surface area contributed by atoms with Gasteiger partial charge in [-0.05, 0) is 30.5 Å². The summed E-state index contributed by atoms with van der Waals surface area (Å²) in [6.07, 6.45) is -1.54. The number of benzene rings is 1. The van der Waals surface area contributed by atoms with Gasteiger partial charge in [-0.1, -0.05) is 12.1 Å². The third-order valence-corrected chi connectivity index (χ3v) is 4.30. The molecule has 0 N–H and O–H groups in total. The summed E-state index contributed by atoms with van der Waals surface area (Å²) in [5, 5.41) is 10.9. The van der Waals surface area contributed by atoms with Crippen LogP contribution in [0.1, 0.15) is 34.5 Å². The van der Waals surface area contributed by atoms with Gasteiger partial charge in [0.2, 0.25) is 0 Å². The number of carbonyl (C=O) groups is 1. The number of alkyl halides is 3. The van der Waals surface area contributed by atoms with Crippen LogP contribution in [-0.4, -0.2) is 26.3 Å². The second-order valence-electron chi connectivity index (χ2n) is 6.31. The molecule has 0 saturated heterocycles. The zero-order chi connectivity index (χ0) is 19.1. The molecule has 0 bridgehead atoms. The van der Waals surface area contributed by atoms with Crippen LogP contribution in [0.3, 0.4) is 0 Å². The lowest BCUT2D eigenvalue weighted by Crippen LogP contribution is -2.33. The molecule has 2 aromatic rings. The van der Waals surface area contributed by atoms with E-state index < -0.39 is 16.7 Å². The van der Waals surface area contributed by atoms with Crippen LogP contribution in [0.4, 0.5) is 18.9 Å². The first-order valence-corrected chi connectivity index (χ1v) is 7.94.